The first-order chi connectivity index (χ1) is 16.9. The third-order valence-corrected chi connectivity index (χ3v) is 4.98. The molecule has 0 spiro atoms. The first-order valence-electron chi connectivity index (χ1n) is 10.5. The van der Waals surface area contributed by atoms with Crippen LogP contribution >= 0.6 is 23.2 Å². The molecule has 0 aromatic heterocycles. The average Bonchev–Trinajstić information content (AvgIpc) is 2.86. The van der Waals surface area contributed by atoms with Gasteiger partial charge in [0.1, 0.15) is 11.5 Å². The van der Waals surface area contributed by atoms with Crippen molar-refractivity contribution in [1.82, 2.24) is 5.43 Å². The van der Waals surface area contributed by atoms with Gasteiger partial charge in [0, 0.05) is 5.02 Å². The van der Waals surface area contributed by atoms with Crippen LogP contribution in [-0.4, -0.2) is 30.6 Å². The molecule has 3 aromatic carbocycles. The molecular weight excluding hydrogens is 493 g/mol. The van der Waals surface area contributed by atoms with Crippen LogP contribution in [0.3, 0.4) is 0 Å². The third-order valence-electron chi connectivity index (χ3n) is 4.42. The van der Waals surface area contributed by atoms with Gasteiger partial charge in [0.25, 0.3) is 0 Å². The Morgan fingerprint density at radius 2 is 1.60 bits per heavy atom. The van der Waals surface area contributed by atoms with E-state index in [4.69, 9.17) is 32.7 Å². The van der Waals surface area contributed by atoms with Crippen molar-refractivity contribution in [3.63, 3.8) is 0 Å². The minimum atomic E-state index is -0.992. The van der Waals surface area contributed by atoms with Crippen LogP contribution < -0.4 is 20.2 Å². The highest BCUT2D eigenvalue weighted by Gasteiger charge is 2.15. The Bertz CT molecular complexity index is 1230. The second kappa shape index (κ2) is 12.5. The molecule has 2 amide bonds. The third kappa shape index (κ3) is 7.84. The number of anilines is 1. The Labute approximate surface area is 211 Å². The topological polar surface area (TPSA) is 106 Å². The first kappa shape index (κ1) is 25.7. The van der Waals surface area contributed by atoms with Gasteiger partial charge in [-0.05, 0) is 78.7 Å². The van der Waals surface area contributed by atoms with Crippen molar-refractivity contribution in [3.05, 3.63) is 87.9 Å². The van der Waals surface area contributed by atoms with E-state index in [2.05, 4.69) is 15.8 Å². The highest BCUT2D eigenvalue weighted by Crippen LogP contribution is 2.25. The highest BCUT2D eigenvalue weighted by molar-refractivity contribution is 6.42. The quantitative estimate of drug-likeness (QED) is 0.143. The van der Waals surface area contributed by atoms with Crippen molar-refractivity contribution in [2.75, 3.05) is 11.9 Å². The number of carbonyl (C=O) groups is 3. The molecule has 3 rings (SSSR count). The summed E-state index contributed by atoms with van der Waals surface area (Å²) in [6, 6.07) is 17.6. The Kier molecular flexibility index (Phi) is 9.23. The predicted octanol–water partition coefficient (Wildman–Crippen LogP) is 5.09. The van der Waals surface area contributed by atoms with Gasteiger partial charge in [-0.1, -0.05) is 30.1 Å². The summed E-state index contributed by atoms with van der Waals surface area (Å²) in [5.41, 5.74) is 3.31. The molecular formula is C25H21Cl2N3O5. The zero-order chi connectivity index (χ0) is 25.2. The molecule has 0 aliphatic carbocycles. The van der Waals surface area contributed by atoms with Gasteiger partial charge >= 0.3 is 17.8 Å². The Balaban J connectivity index is 1.50. The van der Waals surface area contributed by atoms with E-state index in [-0.39, 0.29) is 10.7 Å². The van der Waals surface area contributed by atoms with E-state index in [1.165, 1.54) is 18.3 Å². The minimum Gasteiger partial charge on any atom is -0.494 e. The SMILES string of the molecule is CCCOc1ccc(C(=O)Oc2ccc(/C=N/NC(=O)C(=O)Nc3cc(Cl)ccc3Cl)cc2)cc1. The Morgan fingerprint density at radius 3 is 2.29 bits per heavy atom. The molecule has 10 heteroatoms. The van der Waals surface area contributed by atoms with E-state index in [1.807, 2.05) is 6.92 Å². The summed E-state index contributed by atoms with van der Waals surface area (Å²) >= 11 is 11.8. The largest absolute Gasteiger partial charge is 0.494 e. The minimum absolute atomic E-state index is 0.203. The van der Waals surface area contributed by atoms with Crippen LogP contribution in [0.4, 0.5) is 5.69 Å². The predicted molar refractivity (Wildman–Crippen MR) is 134 cm³/mol. The van der Waals surface area contributed by atoms with E-state index in [0.717, 1.165) is 6.42 Å². The number of halogens is 2. The molecule has 180 valence electrons. The molecule has 0 fully saturated rings. The number of benzene rings is 3. The zero-order valence-electron chi connectivity index (χ0n) is 18.6. The van der Waals surface area contributed by atoms with Crippen LogP contribution in [0, 0.1) is 0 Å². The molecule has 35 heavy (non-hydrogen) atoms. The monoisotopic (exact) mass is 513 g/mol. The molecule has 0 heterocycles. The van der Waals surface area contributed by atoms with Crippen LogP contribution in [0.25, 0.3) is 0 Å². The number of rotatable bonds is 8. The van der Waals surface area contributed by atoms with E-state index >= 15 is 0 Å². The van der Waals surface area contributed by atoms with Gasteiger partial charge in [0.2, 0.25) is 0 Å². The Hall–Kier alpha value is -3.88. The zero-order valence-corrected chi connectivity index (χ0v) is 20.1. The summed E-state index contributed by atoms with van der Waals surface area (Å²) in [5, 5.41) is 6.69. The molecule has 0 aliphatic rings. The molecule has 8 nitrogen and oxygen atoms in total. The summed E-state index contributed by atoms with van der Waals surface area (Å²) in [5.74, 6) is -1.44. The molecule has 0 radical (unpaired) electrons. The molecule has 0 bridgehead atoms. The van der Waals surface area contributed by atoms with E-state index in [1.54, 1.807) is 54.6 Å². The second-order valence-electron chi connectivity index (χ2n) is 7.11. The van der Waals surface area contributed by atoms with Crippen LogP contribution in [0.1, 0.15) is 29.3 Å². The standard InChI is InChI=1S/C25H21Cl2N3O5/c1-2-13-34-19-10-5-17(6-11-19)25(33)35-20-8-3-16(4-9-20)15-28-30-24(32)23(31)29-22-14-18(26)7-12-21(22)27/h3-12,14-15H,2,13H2,1H3,(H,29,31)(H,30,32)/b28-15+. The van der Waals surface area contributed by atoms with Crippen molar-refractivity contribution >= 4 is 52.9 Å². The molecule has 0 atom stereocenters. The van der Waals surface area contributed by atoms with Crippen LogP contribution in [-0.2, 0) is 9.59 Å². The van der Waals surface area contributed by atoms with Crippen molar-refractivity contribution in [2.45, 2.75) is 13.3 Å². The Morgan fingerprint density at radius 1 is 0.914 bits per heavy atom. The van der Waals surface area contributed by atoms with Gasteiger partial charge in [0.05, 0.1) is 29.1 Å². The molecule has 2 N–H and O–H groups in total. The fourth-order valence-electron chi connectivity index (χ4n) is 2.68. The lowest BCUT2D eigenvalue weighted by Crippen LogP contribution is -2.32. The number of ether oxygens (including phenoxy) is 2. The summed E-state index contributed by atoms with van der Waals surface area (Å²) in [7, 11) is 0. The lowest BCUT2D eigenvalue weighted by atomic mass is 10.2. The second-order valence-corrected chi connectivity index (χ2v) is 7.95. The van der Waals surface area contributed by atoms with Crippen molar-refractivity contribution < 1.29 is 23.9 Å². The van der Waals surface area contributed by atoms with Gasteiger partial charge in [-0.25, -0.2) is 10.2 Å². The number of hydrogen-bond donors (Lipinski definition) is 2. The van der Waals surface area contributed by atoms with Gasteiger partial charge in [0.15, 0.2) is 0 Å². The maximum Gasteiger partial charge on any atom is 0.343 e. The van der Waals surface area contributed by atoms with Crippen LogP contribution in [0.2, 0.25) is 10.0 Å². The number of nitrogens with one attached hydrogen (secondary N) is 2. The maximum absolute atomic E-state index is 12.3. The van der Waals surface area contributed by atoms with Crippen molar-refractivity contribution in [3.8, 4) is 11.5 Å². The highest BCUT2D eigenvalue weighted by atomic mass is 35.5. The summed E-state index contributed by atoms with van der Waals surface area (Å²) in [4.78, 5) is 36.2. The molecule has 0 aliphatic heterocycles. The summed E-state index contributed by atoms with van der Waals surface area (Å²) in [6.07, 6.45) is 2.23. The molecule has 0 saturated carbocycles. The fourth-order valence-corrected chi connectivity index (χ4v) is 3.02. The number of esters is 1. The average molecular weight is 514 g/mol. The van der Waals surface area contributed by atoms with Gasteiger partial charge in [-0.15, -0.1) is 0 Å². The molecule has 0 unspecified atom stereocenters. The fraction of sp³-hybridized carbons (Fsp3) is 0.120. The smallest absolute Gasteiger partial charge is 0.343 e. The van der Waals surface area contributed by atoms with Crippen molar-refractivity contribution in [2.24, 2.45) is 5.10 Å². The lowest BCUT2D eigenvalue weighted by molar-refractivity contribution is -0.136. The number of hydrogen-bond acceptors (Lipinski definition) is 6. The van der Waals surface area contributed by atoms with Crippen LogP contribution in [0.5, 0.6) is 11.5 Å². The lowest BCUT2D eigenvalue weighted by Gasteiger charge is -2.07. The molecule has 0 saturated heterocycles. The normalized spacial score (nSPS) is 10.6. The van der Waals surface area contributed by atoms with E-state index in [0.29, 0.717) is 34.3 Å². The number of carbonyl (C=O) groups excluding carboxylic acids is 3. The van der Waals surface area contributed by atoms with E-state index in [9.17, 15) is 14.4 Å². The van der Waals surface area contributed by atoms with Gasteiger partial charge in [-0.2, -0.15) is 5.10 Å². The van der Waals surface area contributed by atoms with Crippen LogP contribution in [0.15, 0.2) is 71.8 Å². The van der Waals surface area contributed by atoms with Gasteiger partial charge in [-0.3, -0.25) is 9.59 Å². The number of hydrazone groups is 1. The summed E-state index contributed by atoms with van der Waals surface area (Å²) in [6.45, 7) is 2.62. The maximum atomic E-state index is 12.3. The number of amides is 2. The van der Waals surface area contributed by atoms with Crippen molar-refractivity contribution in [1.29, 1.82) is 0 Å². The number of nitrogens with zero attached hydrogens (tertiary/aromatic N) is 1. The molecule has 3 aromatic rings. The van der Waals surface area contributed by atoms with E-state index < -0.39 is 17.8 Å². The summed E-state index contributed by atoms with van der Waals surface area (Å²) < 4.78 is 10.9. The first-order valence-corrected chi connectivity index (χ1v) is 11.3. The van der Waals surface area contributed by atoms with Gasteiger partial charge < -0.3 is 14.8 Å².